The molecule has 0 saturated heterocycles. The Kier molecular flexibility index (Phi) is 6.94. The number of rotatable bonds is 8. The summed E-state index contributed by atoms with van der Waals surface area (Å²) in [7, 11) is 0. The van der Waals surface area contributed by atoms with Gasteiger partial charge in [0.2, 0.25) is 5.91 Å². The van der Waals surface area contributed by atoms with Gasteiger partial charge in [-0.15, -0.1) is 0 Å². The molecular formula is C22H20N2O6. The number of carbonyl (C=O) groups excluding carboxylic acids is 4. The molecule has 0 spiro atoms. The molecule has 1 aliphatic rings. The van der Waals surface area contributed by atoms with Gasteiger partial charge in [0.25, 0.3) is 5.91 Å². The van der Waals surface area contributed by atoms with Crippen LogP contribution in [0.4, 0.5) is 5.69 Å². The minimum Gasteiger partial charge on any atom is -0.482 e. The van der Waals surface area contributed by atoms with Crippen molar-refractivity contribution in [3.8, 4) is 5.75 Å². The number of ether oxygens (including phenoxy) is 2. The molecule has 0 aliphatic carbocycles. The van der Waals surface area contributed by atoms with Crippen LogP contribution in [-0.2, 0) is 19.1 Å². The Balaban J connectivity index is 1.39. The Morgan fingerprint density at radius 2 is 1.93 bits per heavy atom. The van der Waals surface area contributed by atoms with Crippen molar-refractivity contribution in [3.05, 3.63) is 65.7 Å². The number of benzene rings is 2. The summed E-state index contributed by atoms with van der Waals surface area (Å²) >= 11 is 0. The zero-order valence-corrected chi connectivity index (χ0v) is 16.1. The summed E-state index contributed by atoms with van der Waals surface area (Å²) < 4.78 is 10.2. The lowest BCUT2D eigenvalue weighted by Crippen LogP contribution is -2.26. The molecule has 0 fully saturated rings. The highest BCUT2D eigenvalue weighted by atomic mass is 16.5. The molecule has 154 valence electrons. The highest BCUT2D eigenvalue weighted by Gasteiger charge is 2.18. The van der Waals surface area contributed by atoms with E-state index in [0.717, 1.165) is 5.56 Å². The third-order valence-electron chi connectivity index (χ3n) is 4.15. The molecule has 2 aromatic rings. The van der Waals surface area contributed by atoms with Gasteiger partial charge in [0.1, 0.15) is 5.75 Å². The third-order valence-corrected chi connectivity index (χ3v) is 4.15. The molecule has 0 unspecified atom stereocenters. The number of carbonyl (C=O) groups is 4. The van der Waals surface area contributed by atoms with Crippen molar-refractivity contribution in [2.75, 3.05) is 25.1 Å². The lowest BCUT2D eigenvalue weighted by molar-refractivity contribution is -0.142. The number of esters is 1. The quantitative estimate of drug-likeness (QED) is 0.393. The summed E-state index contributed by atoms with van der Waals surface area (Å²) in [5, 5.41) is 5.19. The number of hydrogen-bond acceptors (Lipinski definition) is 6. The second-order valence-corrected chi connectivity index (χ2v) is 6.42. The van der Waals surface area contributed by atoms with Gasteiger partial charge >= 0.3 is 5.97 Å². The smallest absolute Gasteiger partial charge is 0.308 e. The number of fused-ring (bicyclic) bond motifs is 1. The Hall–Kier alpha value is -3.94. The predicted molar refractivity (Wildman–Crippen MR) is 109 cm³/mol. The van der Waals surface area contributed by atoms with Crippen molar-refractivity contribution >= 4 is 35.3 Å². The van der Waals surface area contributed by atoms with Crippen LogP contribution < -0.4 is 15.4 Å². The molecule has 0 atom stereocenters. The molecule has 0 saturated carbocycles. The Bertz CT molecular complexity index is 984. The van der Waals surface area contributed by atoms with Gasteiger partial charge in [-0.25, -0.2) is 0 Å². The highest BCUT2D eigenvalue weighted by Crippen LogP contribution is 2.28. The maximum absolute atomic E-state index is 12.2. The van der Waals surface area contributed by atoms with E-state index >= 15 is 0 Å². The summed E-state index contributed by atoms with van der Waals surface area (Å²) in [6, 6.07) is 13.9. The van der Waals surface area contributed by atoms with Crippen molar-refractivity contribution in [2.45, 2.75) is 6.42 Å². The Morgan fingerprint density at radius 1 is 1.13 bits per heavy atom. The van der Waals surface area contributed by atoms with Crippen LogP contribution in [0, 0.1) is 0 Å². The molecular weight excluding hydrogens is 388 g/mol. The van der Waals surface area contributed by atoms with Gasteiger partial charge in [-0.3, -0.25) is 19.2 Å². The molecule has 8 heteroatoms. The molecule has 0 aromatic heterocycles. The first-order valence-corrected chi connectivity index (χ1v) is 9.28. The van der Waals surface area contributed by atoms with E-state index in [4.69, 9.17) is 9.47 Å². The van der Waals surface area contributed by atoms with E-state index in [0.29, 0.717) is 11.4 Å². The summed E-state index contributed by atoms with van der Waals surface area (Å²) in [6.07, 6.45) is 2.98. The van der Waals surface area contributed by atoms with Gasteiger partial charge in [0.05, 0.1) is 12.1 Å². The van der Waals surface area contributed by atoms with E-state index in [1.54, 1.807) is 12.1 Å². The predicted octanol–water partition coefficient (Wildman–Crippen LogP) is 1.96. The number of hydrogen-bond donors (Lipinski definition) is 2. The van der Waals surface area contributed by atoms with Crippen LogP contribution in [0.1, 0.15) is 22.3 Å². The molecule has 8 nitrogen and oxygen atoms in total. The van der Waals surface area contributed by atoms with E-state index in [1.807, 2.05) is 30.3 Å². The van der Waals surface area contributed by atoms with Crippen molar-refractivity contribution in [3.63, 3.8) is 0 Å². The number of Topliss-reactive ketones (excluding diaryl/α,β-unsaturated/α-hetero) is 1. The SMILES string of the molecule is O=C(/C=C/c1ccccc1)NCCC(=O)OCC(=O)c1ccc2c(c1)NC(=O)CO2. The van der Waals surface area contributed by atoms with E-state index < -0.39 is 18.4 Å². The van der Waals surface area contributed by atoms with Crippen molar-refractivity contribution in [2.24, 2.45) is 0 Å². The minimum atomic E-state index is -0.606. The molecule has 3 rings (SSSR count). The summed E-state index contributed by atoms with van der Waals surface area (Å²) in [6.45, 7) is -0.419. The maximum atomic E-state index is 12.2. The third kappa shape index (κ3) is 6.03. The van der Waals surface area contributed by atoms with Gasteiger partial charge in [0, 0.05) is 18.2 Å². The van der Waals surface area contributed by atoms with Crippen molar-refractivity contribution < 1.29 is 28.7 Å². The van der Waals surface area contributed by atoms with Crippen LogP contribution in [0.25, 0.3) is 6.08 Å². The van der Waals surface area contributed by atoms with Crippen LogP contribution in [-0.4, -0.2) is 43.3 Å². The number of nitrogens with one attached hydrogen (secondary N) is 2. The van der Waals surface area contributed by atoms with E-state index in [-0.39, 0.29) is 37.0 Å². The summed E-state index contributed by atoms with van der Waals surface area (Å²) in [5.74, 6) is -1.19. The number of anilines is 1. The Morgan fingerprint density at radius 3 is 2.73 bits per heavy atom. The van der Waals surface area contributed by atoms with Crippen LogP contribution in [0.3, 0.4) is 0 Å². The lowest BCUT2D eigenvalue weighted by atomic mass is 10.1. The first-order valence-electron chi connectivity index (χ1n) is 9.28. The van der Waals surface area contributed by atoms with Crippen LogP contribution >= 0.6 is 0 Å². The summed E-state index contributed by atoms with van der Waals surface area (Å²) in [4.78, 5) is 47.1. The van der Waals surface area contributed by atoms with Crippen LogP contribution in [0.5, 0.6) is 5.75 Å². The minimum absolute atomic E-state index is 0.0632. The largest absolute Gasteiger partial charge is 0.482 e. The standard InChI is InChI=1S/C22H20N2O6/c25-18(16-7-8-19-17(12-16)24-21(27)14-29-19)13-30-22(28)10-11-23-20(26)9-6-15-4-2-1-3-5-15/h1-9,12H,10-11,13-14H2,(H,23,26)(H,24,27)/b9-6+. The zero-order chi connectivity index (χ0) is 21.3. The molecule has 2 amide bonds. The van der Waals surface area contributed by atoms with Gasteiger partial charge in [0.15, 0.2) is 19.0 Å². The molecule has 1 aliphatic heterocycles. The molecule has 2 N–H and O–H groups in total. The van der Waals surface area contributed by atoms with Crippen LogP contribution in [0.15, 0.2) is 54.6 Å². The molecule has 0 bridgehead atoms. The fourth-order valence-electron chi connectivity index (χ4n) is 2.64. The zero-order valence-electron chi connectivity index (χ0n) is 16.1. The van der Waals surface area contributed by atoms with Crippen molar-refractivity contribution in [1.29, 1.82) is 0 Å². The number of amides is 2. The highest BCUT2D eigenvalue weighted by molar-refractivity contribution is 6.01. The van der Waals surface area contributed by atoms with E-state index in [1.165, 1.54) is 18.2 Å². The first-order chi connectivity index (χ1) is 14.5. The normalized spacial score (nSPS) is 12.5. The van der Waals surface area contributed by atoms with Crippen molar-refractivity contribution in [1.82, 2.24) is 5.32 Å². The van der Waals surface area contributed by atoms with Gasteiger partial charge in [-0.2, -0.15) is 0 Å². The van der Waals surface area contributed by atoms with E-state index in [9.17, 15) is 19.2 Å². The topological polar surface area (TPSA) is 111 Å². The fraction of sp³-hybridized carbons (Fsp3) is 0.182. The number of ketones is 1. The molecule has 2 aromatic carbocycles. The maximum Gasteiger partial charge on any atom is 0.308 e. The molecule has 0 radical (unpaired) electrons. The van der Waals surface area contributed by atoms with Gasteiger partial charge < -0.3 is 20.1 Å². The average molecular weight is 408 g/mol. The van der Waals surface area contributed by atoms with Crippen LogP contribution in [0.2, 0.25) is 0 Å². The Labute approximate surface area is 172 Å². The lowest BCUT2D eigenvalue weighted by Gasteiger charge is -2.18. The van der Waals surface area contributed by atoms with Gasteiger partial charge in [-0.05, 0) is 29.8 Å². The second-order valence-electron chi connectivity index (χ2n) is 6.42. The summed E-state index contributed by atoms with van der Waals surface area (Å²) in [5.41, 5.74) is 1.57. The molecule has 30 heavy (non-hydrogen) atoms. The van der Waals surface area contributed by atoms with Gasteiger partial charge in [-0.1, -0.05) is 30.3 Å². The first kappa shape index (κ1) is 20.8. The second kappa shape index (κ2) is 10.0. The average Bonchev–Trinajstić information content (AvgIpc) is 2.76. The molecule has 1 heterocycles. The van der Waals surface area contributed by atoms with E-state index in [2.05, 4.69) is 10.6 Å². The monoisotopic (exact) mass is 408 g/mol. The fourth-order valence-corrected chi connectivity index (χ4v) is 2.64.